The van der Waals surface area contributed by atoms with Crippen LogP contribution in [0.3, 0.4) is 0 Å². The van der Waals surface area contributed by atoms with Gasteiger partial charge in [-0.05, 0) is 30.7 Å². The van der Waals surface area contributed by atoms with Gasteiger partial charge >= 0.3 is 0 Å². The minimum absolute atomic E-state index is 0.0371. The molecule has 0 bridgehead atoms. The normalized spacial score (nSPS) is 10.8. The number of thiophene rings is 1. The van der Waals surface area contributed by atoms with E-state index in [2.05, 4.69) is 28.3 Å². The van der Waals surface area contributed by atoms with Crippen LogP contribution in [0.5, 0.6) is 5.75 Å². The zero-order valence-corrected chi connectivity index (χ0v) is 15.7. The van der Waals surface area contributed by atoms with E-state index in [1.54, 1.807) is 36.5 Å². The van der Waals surface area contributed by atoms with Crippen molar-refractivity contribution in [1.29, 1.82) is 0 Å². The first-order valence-electron chi connectivity index (χ1n) is 7.89. The molecule has 5 nitrogen and oxygen atoms in total. The second-order valence-electron chi connectivity index (χ2n) is 5.48. The molecule has 1 amide bonds. The number of aryl methyl sites for hydroxylation is 1. The largest absolute Gasteiger partial charge is 0.497 e. The van der Waals surface area contributed by atoms with E-state index in [4.69, 9.17) is 4.74 Å². The number of carbonyl (C=O) groups excluding carboxylic acids is 1. The number of nitrogens with zero attached hydrogens (tertiary/aromatic N) is 2. The Balaban J connectivity index is 1.47. The Labute approximate surface area is 154 Å². The molecule has 0 aliphatic heterocycles. The van der Waals surface area contributed by atoms with Gasteiger partial charge < -0.3 is 10.1 Å². The Bertz CT molecular complexity index is 862. The zero-order chi connectivity index (χ0) is 17.6. The summed E-state index contributed by atoms with van der Waals surface area (Å²) in [5.74, 6) is 1.54. The van der Waals surface area contributed by atoms with Crippen LogP contribution in [0.15, 0.2) is 41.7 Å². The first kappa shape index (κ1) is 17.7. The Morgan fingerprint density at radius 1 is 1.28 bits per heavy atom. The molecule has 25 heavy (non-hydrogen) atoms. The van der Waals surface area contributed by atoms with E-state index in [0.29, 0.717) is 18.7 Å². The SMILES string of the molecule is COc1ccc(CNC(=O)CCSc2ncnc3sc(C)cc23)cc1. The van der Waals surface area contributed by atoms with Crippen LogP contribution in [0.25, 0.3) is 10.2 Å². The molecule has 0 saturated carbocycles. The number of hydrogen-bond acceptors (Lipinski definition) is 6. The average Bonchev–Trinajstić information content (AvgIpc) is 3.01. The lowest BCUT2D eigenvalue weighted by Gasteiger charge is -2.06. The Hall–Kier alpha value is -2.12. The molecular weight excluding hydrogens is 354 g/mol. The lowest BCUT2D eigenvalue weighted by molar-refractivity contribution is -0.120. The van der Waals surface area contributed by atoms with Gasteiger partial charge in [0.05, 0.1) is 7.11 Å². The van der Waals surface area contributed by atoms with E-state index >= 15 is 0 Å². The standard InChI is InChI=1S/C18H19N3O2S2/c1-12-9-15-17(20-11-21-18(15)25-12)24-8-7-16(22)19-10-13-3-5-14(23-2)6-4-13/h3-6,9,11H,7-8,10H2,1-2H3,(H,19,22). The maximum Gasteiger partial charge on any atom is 0.221 e. The smallest absolute Gasteiger partial charge is 0.221 e. The maximum atomic E-state index is 12.0. The molecule has 7 heteroatoms. The molecule has 3 aromatic rings. The summed E-state index contributed by atoms with van der Waals surface area (Å²) < 4.78 is 5.12. The first-order chi connectivity index (χ1) is 12.2. The van der Waals surface area contributed by atoms with E-state index in [1.807, 2.05) is 24.3 Å². The molecular formula is C18H19N3O2S2. The summed E-state index contributed by atoms with van der Waals surface area (Å²) in [6, 6.07) is 9.78. The Morgan fingerprint density at radius 2 is 2.08 bits per heavy atom. The van der Waals surface area contributed by atoms with E-state index in [-0.39, 0.29) is 5.91 Å². The van der Waals surface area contributed by atoms with Crippen LogP contribution in [0, 0.1) is 6.92 Å². The van der Waals surface area contributed by atoms with Crippen LogP contribution >= 0.6 is 23.1 Å². The molecule has 3 rings (SSSR count). The summed E-state index contributed by atoms with van der Waals surface area (Å²) in [7, 11) is 1.64. The number of rotatable bonds is 7. The molecule has 1 aromatic carbocycles. The van der Waals surface area contributed by atoms with Gasteiger partial charge in [-0.15, -0.1) is 23.1 Å². The molecule has 0 saturated heterocycles. The quantitative estimate of drug-likeness (QED) is 0.504. The molecule has 0 aliphatic carbocycles. The molecule has 2 heterocycles. The number of methoxy groups -OCH3 is 1. The van der Waals surface area contributed by atoms with Crippen molar-refractivity contribution in [1.82, 2.24) is 15.3 Å². The number of hydrogen-bond donors (Lipinski definition) is 1. The third-order valence-corrected chi connectivity index (χ3v) is 5.60. The summed E-state index contributed by atoms with van der Waals surface area (Å²) in [4.78, 5) is 22.9. The second-order valence-corrected chi connectivity index (χ2v) is 7.80. The molecule has 130 valence electrons. The highest BCUT2D eigenvalue weighted by Gasteiger charge is 2.09. The first-order valence-corrected chi connectivity index (χ1v) is 9.69. The zero-order valence-electron chi connectivity index (χ0n) is 14.1. The van der Waals surface area contributed by atoms with Crippen LogP contribution in [0.4, 0.5) is 0 Å². The van der Waals surface area contributed by atoms with Crippen molar-refractivity contribution in [3.8, 4) is 5.75 Å². The lowest BCUT2D eigenvalue weighted by atomic mass is 10.2. The Morgan fingerprint density at radius 3 is 2.84 bits per heavy atom. The van der Waals surface area contributed by atoms with Crippen LogP contribution < -0.4 is 10.1 Å². The fourth-order valence-electron chi connectivity index (χ4n) is 2.34. The molecule has 1 N–H and O–H groups in total. The molecule has 2 aromatic heterocycles. The number of carbonyl (C=O) groups is 1. The van der Waals surface area contributed by atoms with E-state index in [9.17, 15) is 4.79 Å². The molecule has 0 aliphatic rings. The third-order valence-electron chi connectivity index (χ3n) is 3.63. The average molecular weight is 374 g/mol. The van der Waals surface area contributed by atoms with Gasteiger partial charge in [-0.3, -0.25) is 4.79 Å². The molecule has 0 radical (unpaired) electrons. The second kappa shape index (κ2) is 8.31. The van der Waals surface area contributed by atoms with Crippen LogP contribution in [-0.4, -0.2) is 28.7 Å². The van der Waals surface area contributed by atoms with E-state index in [0.717, 1.165) is 26.6 Å². The van der Waals surface area contributed by atoms with E-state index in [1.165, 1.54) is 4.88 Å². The third kappa shape index (κ3) is 4.70. The number of nitrogens with one attached hydrogen (secondary N) is 1. The van der Waals surface area contributed by atoms with Gasteiger partial charge in [-0.25, -0.2) is 9.97 Å². The van der Waals surface area contributed by atoms with Crippen LogP contribution in [0.1, 0.15) is 16.9 Å². The Kier molecular flexibility index (Phi) is 5.88. The number of aromatic nitrogens is 2. The van der Waals surface area contributed by atoms with Gasteiger partial charge in [-0.2, -0.15) is 0 Å². The number of fused-ring (bicyclic) bond motifs is 1. The van der Waals surface area contributed by atoms with Gasteiger partial charge in [0.15, 0.2) is 0 Å². The highest BCUT2D eigenvalue weighted by atomic mass is 32.2. The van der Waals surface area contributed by atoms with Crippen molar-refractivity contribution in [3.63, 3.8) is 0 Å². The van der Waals surface area contributed by atoms with Crippen molar-refractivity contribution in [3.05, 3.63) is 47.1 Å². The van der Waals surface area contributed by atoms with Gasteiger partial charge in [0.2, 0.25) is 5.91 Å². The van der Waals surface area contributed by atoms with Crippen molar-refractivity contribution >= 4 is 39.2 Å². The predicted octanol–water partition coefficient (Wildman–Crippen LogP) is 3.81. The topological polar surface area (TPSA) is 64.1 Å². The van der Waals surface area contributed by atoms with Gasteiger partial charge in [0.1, 0.15) is 21.9 Å². The lowest BCUT2D eigenvalue weighted by Crippen LogP contribution is -2.22. The minimum atomic E-state index is 0.0371. The predicted molar refractivity (Wildman–Crippen MR) is 102 cm³/mol. The van der Waals surface area contributed by atoms with Crippen LogP contribution in [-0.2, 0) is 11.3 Å². The summed E-state index contributed by atoms with van der Waals surface area (Å²) in [6.07, 6.45) is 2.04. The minimum Gasteiger partial charge on any atom is -0.497 e. The molecule has 0 atom stereocenters. The molecule has 0 fully saturated rings. The highest BCUT2D eigenvalue weighted by molar-refractivity contribution is 7.99. The fraction of sp³-hybridized carbons (Fsp3) is 0.278. The van der Waals surface area contributed by atoms with Crippen LogP contribution in [0.2, 0.25) is 0 Å². The summed E-state index contributed by atoms with van der Waals surface area (Å²) in [5, 5.41) is 4.96. The maximum absolute atomic E-state index is 12.0. The van der Waals surface area contributed by atoms with Gasteiger partial charge in [-0.1, -0.05) is 12.1 Å². The van der Waals surface area contributed by atoms with Gasteiger partial charge in [0.25, 0.3) is 0 Å². The summed E-state index contributed by atoms with van der Waals surface area (Å²) in [5.41, 5.74) is 1.05. The van der Waals surface area contributed by atoms with Crippen molar-refractivity contribution in [2.45, 2.75) is 24.9 Å². The van der Waals surface area contributed by atoms with Crippen molar-refractivity contribution in [2.75, 3.05) is 12.9 Å². The fourth-order valence-corrected chi connectivity index (χ4v) is 4.17. The monoisotopic (exact) mass is 373 g/mol. The highest BCUT2D eigenvalue weighted by Crippen LogP contribution is 2.30. The van der Waals surface area contributed by atoms with E-state index < -0.39 is 0 Å². The number of amides is 1. The van der Waals surface area contributed by atoms with Gasteiger partial charge in [0, 0.05) is 29.0 Å². The van der Waals surface area contributed by atoms with Crippen molar-refractivity contribution < 1.29 is 9.53 Å². The number of thioether (sulfide) groups is 1. The number of ether oxygens (including phenoxy) is 1. The number of benzene rings is 1. The molecule has 0 spiro atoms. The summed E-state index contributed by atoms with van der Waals surface area (Å²) in [6.45, 7) is 2.59. The summed E-state index contributed by atoms with van der Waals surface area (Å²) >= 11 is 3.26. The molecule has 0 unspecified atom stereocenters. The van der Waals surface area contributed by atoms with Crippen molar-refractivity contribution in [2.24, 2.45) is 0 Å².